The molecule has 0 aliphatic carbocycles. The Morgan fingerprint density at radius 1 is 1.14 bits per heavy atom. The number of hydrogen-bond donors (Lipinski definition) is 2. The summed E-state index contributed by atoms with van der Waals surface area (Å²) in [7, 11) is -0.597. The lowest BCUT2D eigenvalue weighted by molar-refractivity contribution is 0.102. The third-order valence-corrected chi connectivity index (χ3v) is 5.03. The molecule has 1 heterocycles. The van der Waals surface area contributed by atoms with Gasteiger partial charge in [0.25, 0.3) is 5.91 Å². The van der Waals surface area contributed by atoms with Gasteiger partial charge in [0.15, 0.2) is 0 Å². The maximum atomic E-state index is 12.6. The number of carbonyl (C=O) groups is 1. The van der Waals surface area contributed by atoms with Crippen LogP contribution in [0.25, 0.3) is 0 Å². The molecule has 1 aromatic carbocycles. The number of methoxy groups -OCH3 is 2. The van der Waals surface area contributed by atoms with Crippen molar-refractivity contribution in [2.75, 3.05) is 50.7 Å². The minimum absolute atomic E-state index is 0.0238. The summed E-state index contributed by atoms with van der Waals surface area (Å²) in [5, 5.41) is 7.85. The Bertz CT molecular complexity index is 943. The molecule has 0 radical (unpaired) electrons. The summed E-state index contributed by atoms with van der Waals surface area (Å²) in [6.45, 7) is 3.81. The van der Waals surface area contributed by atoms with Gasteiger partial charge in [-0.1, -0.05) is 0 Å². The molecule has 11 heteroatoms. The van der Waals surface area contributed by atoms with E-state index in [2.05, 4.69) is 15.3 Å². The molecular formula is C18H25N5O5S. The summed E-state index contributed by atoms with van der Waals surface area (Å²) in [5.74, 6) is 0.124. The number of nitrogens with zero attached hydrogens (tertiary/aromatic N) is 3. The number of carbonyl (C=O) groups excluding carboxylic acids is 1. The van der Waals surface area contributed by atoms with Gasteiger partial charge in [0.2, 0.25) is 10.0 Å². The van der Waals surface area contributed by atoms with Gasteiger partial charge < -0.3 is 19.7 Å². The van der Waals surface area contributed by atoms with E-state index in [1.54, 1.807) is 27.2 Å². The van der Waals surface area contributed by atoms with Crippen molar-refractivity contribution in [2.45, 2.75) is 11.8 Å². The normalized spacial score (nSPS) is 11.3. The van der Waals surface area contributed by atoms with Crippen LogP contribution in [0.4, 0.5) is 11.5 Å². The Morgan fingerprint density at radius 2 is 1.79 bits per heavy atom. The minimum Gasteiger partial charge on any atom is -0.383 e. The van der Waals surface area contributed by atoms with Crippen molar-refractivity contribution in [3.63, 3.8) is 0 Å². The first kappa shape index (κ1) is 22.7. The fraction of sp³-hybridized carbons (Fsp3) is 0.389. The number of aryl methyl sites for hydroxylation is 1. The predicted molar refractivity (Wildman–Crippen MR) is 109 cm³/mol. The Kier molecular flexibility index (Phi) is 8.02. The number of nitrogens with two attached hydrogens (primary N) is 1. The average Bonchev–Trinajstić information content (AvgIpc) is 2.69. The maximum absolute atomic E-state index is 12.6. The molecule has 10 nitrogen and oxygen atoms in total. The second-order valence-corrected chi connectivity index (χ2v) is 7.77. The van der Waals surface area contributed by atoms with Crippen LogP contribution in [0.1, 0.15) is 16.1 Å². The molecule has 3 N–H and O–H groups in total. The molecule has 0 saturated heterocycles. The van der Waals surface area contributed by atoms with Crippen molar-refractivity contribution in [1.82, 2.24) is 9.97 Å². The summed E-state index contributed by atoms with van der Waals surface area (Å²) in [6.07, 6.45) is 1.31. The van der Waals surface area contributed by atoms with Gasteiger partial charge in [-0.05, 0) is 30.7 Å². The van der Waals surface area contributed by atoms with E-state index in [4.69, 9.17) is 14.6 Å². The van der Waals surface area contributed by atoms with Crippen molar-refractivity contribution >= 4 is 27.4 Å². The SMILES string of the molecule is COCCN(CCOC)c1cc(C(=O)Nc2ccc(S(N)(=O)=O)cc2C)ncn1. The lowest BCUT2D eigenvalue weighted by Crippen LogP contribution is -2.31. The largest absolute Gasteiger partial charge is 0.383 e. The lowest BCUT2D eigenvalue weighted by atomic mass is 10.2. The molecular weight excluding hydrogens is 398 g/mol. The van der Waals surface area contributed by atoms with Crippen LogP contribution >= 0.6 is 0 Å². The minimum atomic E-state index is -3.81. The monoisotopic (exact) mass is 423 g/mol. The molecule has 0 fully saturated rings. The van der Waals surface area contributed by atoms with Gasteiger partial charge >= 0.3 is 0 Å². The first-order valence-electron chi connectivity index (χ1n) is 8.76. The molecule has 1 amide bonds. The van der Waals surface area contributed by atoms with E-state index in [9.17, 15) is 13.2 Å². The molecule has 29 heavy (non-hydrogen) atoms. The quantitative estimate of drug-likeness (QED) is 0.572. The number of hydrogen-bond acceptors (Lipinski definition) is 8. The number of primary sulfonamides is 1. The van der Waals surface area contributed by atoms with E-state index >= 15 is 0 Å². The Morgan fingerprint density at radius 3 is 2.34 bits per heavy atom. The van der Waals surface area contributed by atoms with E-state index in [0.717, 1.165) is 0 Å². The van der Waals surface area contributed by atoms with E-state index in [-0.39, 0.29) is 10.6 Å². The highest BCUT2D eigenvalue weighted by Gasteiger charge is 2.15. The zero-order chi connectivity index (χ0) is 21.4. The molecule has 0 atom stereocenters. The Labute approximate surface area is 170 Å². The molecule has 2 aromatic rings. The number of anilines is 2. The van der Waals surface area contributed by atoms with Crippen molar-refractivity contribution < 1.29 is 22.7 Å². The van der Waals surface area contributed by atoms with Gasteiger partial charge in [-0.2, -0.15) is 0 Å². The Hall–Kier alpha value is -2.60. The topological polar surface area (TPSA) is 137 Å². The van der Waals surface area contributed by atoms with E-state index in [0.29, 0.717) is 43.4 Å². The number of nitrogens with one attached hydrogen (secondary N) is 1. The number of ether oxygens (including phenoxy) is 2. The van der Waals surface area contributed by atoms with Crippen LogP contribution in [0.15, 0.2) is 35.5 Å². The maximum Gasteiger partial charge on any atom is 0.274 e. The van der Waals surface area contributed by atoms with Crippen LogP contribution in [0.5, 0.6) is 0 Å². The lowest BCUT2D eigenvalue weighted by Gasteiger charge is -2.23. The molecule has 2 rings (SSSR count). The van der Waals surface area contributed by atoms with Crippen molar-refractivity contribution in [1.29, 1.82) is 0 Å². The zero-order valence-corrected chi connectivity index (χ0v) is 17.4. The van der Waals surface area contributed by atoms with Crippen molar-refractivity contribution in [3.05, 3.63) is 41.9 Å². The molecule has 1 aromatic heterocycles. The summed E-state index contributed by atoms with van der Waals surface area (Å²) in [5.41, 5.74) is 1.18. The number of amides is 1. The van der Waals surface area contributed by atoms with Gasteiger partial charge in [-0.25, -0.2) is 23.5 Å². The molecule has 0 bridgehead atoms. The number of rotatable bonds is 10. The molecule has 0 aliphatic heterocycles. The molecule has 0 saturated carbocycles. The van der Waals surface area contributed by atoms with Crippen LogP contribution in [-0.4, -0.2) is 64.8 Å². The van der Waals surface area contributed by atoms with Crippen LogP contribution in [0, 0.1) is 6.92 Å². The fourth-order valence-electron chi connectivity index (χ4n) is 2.53. The van der Waals surface area contributed by atoms with Gasteiger partial charge in [-0.3, -0.25) is 4.79 Å². The van der Waals surface area contributed by atoms with Gasteiger partial charge in [0, 0.05) is 39.1 Å². The number of benzene rings is 1. The standard InChI is InChI=1S/C18H25N5O5S/c1-13-10-14(29(19,25)26)4-5-15(13)22-18(24)16-11-17(21-12-20-16)23(6-8-27-2)7-9-28-3/h4-5,10-12H,6-9H2,1-3H3,(H,22,24)(H2,19,25,26). The summed E-state index contributed by atoms with van der Waals surface area (Å²) >= 11 is 0. The van der Waals surface area contributed by atoms with Crippen LogP contribution in [-0.2, 0) is 19.5 Å². The average molecular weight is 423 g/mol. The zero-order valence-electron chi connectivity index (χ0n) is 16.6. The highest BCUT2D eigenvalue weighted by molar-refractivity contribution is 7.89. The highest BCUT2D eigenvalue weighted by Crippen LogP contribution is 2.20. The van der Waals surface area contributed by atoms with Crippen molar-refractivity contribution in [2.24, 2.45) is 5.14 Å². The van der Waals surface area contributed by atoms with Crippen LogP contribution in [0.3, 0.4) is 0 Å². The summed E-state index contributed by atoms with van der Waals surface area (Å²) in [6, 6.07) is 5.79. The van der Waals surface area contributed by atoms with E-state index in [1.165, 1.54) is 24.5 Å². The van der Waals surface area contributed by atoms with E-state index < -0.39 is 15.9 Å². The van der Waals surface area contributed by atoms with Gasteiger partial charge in [0.1, 0.15) is 17.8 Å². The second-order valence-electron chi connectivity index (χ2n) is 6.21. The van der Waals surface area contributed by atoms with Gasteiger partial charge in [-0.15, -0.1) is 0 Å². The first-order chi connectivity index (χ1) is 13.8. The molecule has 0 aliphatic rings. The third kappa shape index (κ3) is 6.46. The summed E-state index contributed by atoms with van der Waals surface area (Å²) in [4.78, 5) is 22.8. The van der Waals surface area contributed by atoms with Crippen LogP contribution in [0.2, 0.25) is 0 Å². The highest BCUT2D eigenvalue weighted by atomic mass is 32.2. The van der Waals surface area contributed by atoms with Gasteiger partial charge in [0.05, 0.1) is 18.1 Å². The van der Waals surface area contributed by atoms with E-state index in [1.807, 2.05) is 4.90 Å². The predicted octanol–water partition coefficient (Wildman–Crippen LogP) is 0.784. The summed E-state index contributed by atoms with van der Waals surface area (Å²) < 4.78 is 33.1. The number of aromatic nitrogens is 2. The third-order valence-electron chi connectivity index (χ3n) is 4.11. The Balaban J connectivity index is 2.20. The molecule has 0 unspecified atom stereocenters. The smallest absolute Gasteiger partial charge is 0.274 e. The number of sulfonamides is 1. The fourth-order valence-corrected chi connectivity index (χ4v) is 3.13. The molecule has 158 valence electrons. The molecule has 0 spiro atoms. The second kappa shape index (κ2) is 10.3. The first-order valence-corrected chi connectivity index (χ1v) is 10.3. The van der Waals surface area contributed by atoms with Crippen LogP contribution < -0.4 is 15.4 Å². The van der Waals surface area contributed by atoms with Crippen molar-refractivity contribution in [3.8, 4) is 0 Å².